The van der Waals surface area contributed by atoms with Gasteiger partial charge in [-0.2, -0.15) is 0 Å². The van der Waals surface area contributed by atoms with Gasteiger partial charge in [0.25, 0.3) is 0 Å². The zero-order valence-electron chi connectivity index (χ0n) is 13.4. The molecule has 0 aliphatic rings. The molecule has 6 heteroatoms. The lowest BCUT2D eigenvalue weighted by molar-refractivity contribution is -0.115. The van der Waals surface area contributed by atoms with E-state index in [1.165, 1.54) is 6.07 Å². The summed E-state index contributed by atoms with van der Waals surface area (Å²) in [5.74, 6) is -1.36. The highest BCUT2D eigenvalue weighted by atomic mass is 16.4. The van der Waals surface area contributed by atoms with Gasteiger partial charge in [0.15, 0.2) is 0 Å². The Bertz CT molecular complexity index is 944. The summed E-state index contributed by atoms with van der Waals surface area (Å²) in [5.41, 5.74) is 3.78. The fraction of sp³-hybridized carbons (Fsp3) is 0.167. The van der Waals surface area contributed by atoms with E-state index in [4.69, 9.17) is 0 Å². The summed E-state index contributed by atoms with van der Waals surface area (Å²) < 4.78 is 1.90. The van der Waals surface area contributed by atoms with Gasteiger partial charge in [-0.3, -0.25) is 4.79 Å². The highest BCUT2D eigenvalue weighted by molar-refractivity contribution is 6.01. The monoisotopic (exact) mass is 323 g/mol. The SMILES string of the molecule is Cc1nc2c(C)cccn2c1CC(=O)Nc1ccccc1C(=O)O. The Balaban J connectivity index is 1.88. The second-order valence-electron chi connectivity index (χ2n) is 5.60. The van der Waals surface area contributed by atoms with Gasteiger partial charge in [0.05, 0.1) is 29.1 Å². The lowest BCUT2D eigenvalue weighted by Crippen LogP contribution is -2.18. The number of benzene rings is 1. The van der Waals surface area contributed by atoms with Gasteiger partial charge in [-0.05, 0) is 37.6 Å². The minimum atomic E-state index is -1.08. The number of pyridine rings is 1. The average molecular weight is 323 g/mol. The molecule has 0 saturated heterocycles. The van der Waals surface area contributed by atoms with Crippen molar-refractivity contribution >= 4 is 23.2 Å². The molecule has 0 bridgehead atoms. The molecule has 0 fully saturated rings. The van der Waals surface area contributed by atoms with Gasteiger partial charge in [0, 0.05) is 6.20 Å². The second-order valence-corrected chi connectivity index (χ2v) is 5.60. The fourth-order valence-corrected chi connectivity index (χ4v) is 2.70. The Labute approximate surface area is 138 Å². The number of hydrogen-bond donors (Lipinski definition) is 2. The number of para-hydroxylation sites is 1. The largest absolute Gasteiger partial charge is 0.478 e. The van der Waals surface area contributed by atoms with Crippen molar-refractivity contribution in [1.29, 1.82) is 0 Å². The number of nitrogens with zero attached hydrogens (tertiary/aromatic N) is 2. The maximum atomic E-state index is 12.4. The molecule has 0 radical (unpaired) electrons. The molecule has 0 spiro atoms. The molecule has 0 atom stereocenters. The summed E-state index contributed by atoms with van der Waals surface area (Å²) >= 11 is 0. The minimum Gasteiger partial charge on any atom is -0.478 e. The van der Waals surface area contributed by atoms with Crippen LogP contribution < -0.4 is 5.32 Å². The smallest absolute Gasteiger partial charge is 0.337 e. The quantitative estimate of drug-likeness (QED) is 0.773. The normalized spacial score (nSPS) is 10.8. The molecule has 0 aliphatic heterocycles. The van der Waals surface area contributed by atoms with E-state index in [9.17, 15) is 14.7 Å². The van der Waals surface area contributed by atoms with Gasteiger partial charge >= 0.3 is 5.97 Å². The van der Waals surface area contributed by atoms with Gasteiger partial charge in [-0.15, -0.1) is 0 Å². The number of hydrogen-bond acceptors (Lipinski definition) is 3. The molecule has 2 heterocycles. The number of amides is 1. The summed E-state index contributed by atoms with van der Waals surface area (Å²) in [4.78, 5) is 28.1. The topological polar surface area (TPSA) is 83.7 Å². The van der Waals surface area contributed by atoms with Crippen LogP contribution in [0.4, 0.5) is 5.69 Å². The van der Waals surface area contributed by atoms with E-state index < -0.39 is 5.97 Å². The standard InChI is InChI=1S/C18H17N3O3/c1-11-6-5-9-21-15(12(2)19-17(11)21)10-16(22)20-14-8-4-3-7-13(14)18(23)24/h3-9H,10H2,1-2H3,(H,20,22)(H,23,24). The van der Waals surface area contributed by atoms with Crippen molar-refractivity contribution in [3.8, 4) is 0 Å². The van der Waals surface area contributed by atoms with Crippen LogP contribution >= 0.6 is 0 Å². The third-order valence-corrected chi connectivity index (χ3v) is 3.90. The lowest BCUT2D eigenvalue weighted by Gasteiger charge is -2.09. The molecule has 1 aromatic carbocycles. The number of aromatic nitrogens is 2. The number of carboxylic acid groups (broad SMARTS) is 1. The molecular formula is C18H17N3O3. The van der Waals surface area contributed by atoms with Crippen LogP contribution in [0.15, 0.2) is 42.6 Å². The first-order valence-electron chi connectivity index (χ1n) is 7.52. The molecule has 0 saturated carbocycles. The van der Waals surface area contributed by atoms with E-state index in [2.05, 4.69) is 10.3 Å². The second kappa shape index (κ2) is 6.16. The van der Waals surface area contributed by atoms with Crippen LogP contribution in [0.5, 0.6) is 0 Å². The number of carboxylic acids is 1. The molecule has 2 aromatic heterocycles. The van der Waals surface area contributed by atoms with E-state index in [-0.39, 0.29) is 23.6 Å². The Morgan fingerprint density at radius 1 is 1.17 bits per heavy atom. The Morgan fingerprint density at radius 2 is 1.92 bits per heavy atom. The van der Waals surface area contributed by atoms with E-state index in [1.54, 1.807) is 18.2 Å². The summed E-state index contributed by atoms with van der Waals surface area (Å²) in [6.07, 6.45) is 1.99. The molecule has 1 amide bonds. The van der Waals surface area contributed by atoms with Gasteiger partial charge in [0.1, 0.15) is 5.65 Å². The number of aryl methyl sites for hydroxylation is 2. The number of carbonyl (C=O) groups is 2. The number of rotatable bonds is 4. The number of anilines is 1. The van der Waals surface area contributed by atoms with Gasteiger partial charge in [0.2, 0.25) is 5.91 Å². The van der Waals surface area contributed by atoms with Crippen molar-refractivity contribution in [1.82, 2.24) is 9.38 Å². The van der Waals surface area contributed by atoms with Gasteiger partial charge < -0.3 is 14.8 Å². The third-order valence-electron chi connectivity index (χ3n) is 3.90. The summed E-state index contributed by atoms with van der Waals surface area (Å²) in [6, 6.07) is 10.2. The van der Waals surface area contributed by atoms with Crippen LogP contribution in [-0.2, 0) is 11.2 Å². The number of fused-ring (bicyclic) bond motifs is 1. The number of carbonyl (C=O) groups excluding carboxylic acids is 1. The molecule has 3 rings (SSSR count). The van der Waals surface area contributed by atoms with Crippen LogP contribution in [0.1, 0.15) is 27.3 Å². The van der Waals surface area contributed by atoms with E-state index in [1.807, 2.05) is 36.6 Å². The van der Waals surface area contributed by atoms with Crippen molar-refractivity contribution < 1.29 is 14.7 Å². The van der Waals surface area contributed by atoms with E-state index in [0.717, 1.165) is 22.6 Å². The van der Waals surface area contributed by atoms with Gasteiger partial charge in [-0.25, -0.2) is 9.78 Å². The van der Waals surface area contributed by atoms with Crippen LogP contribution in [0, 0.1) is 13.8 Å². The molecule has 0 unspecified atom stereocenters. The summed E-state index contributed by atoms with van der Waals surface area (Å²) in [5, 5.41) is 11.9. The Morgan fingerprint density at radius 3 is 2.67 bits per heavy atom. The number of aromatic carboxylic acids is 1. The summed E-state index contributed by atoms with van der Waals surface area (Å²) in [7, 11) is 0. The molecule has 3 aromatic rings. The number of imidazole rings is 1. The summed E-state index contributed by atoms with van der Waals surface area (Å²) in [6.45, 7) is 3.83. The maximum absolute atomic E-state index is 12.4. The first kappa shape index (κ1) is 15.7. The molecule has 0 aliphatic carbocycles. The van der Waals surface area contributed by atoms with Crippen LogP contribution in [0.2, 0.25) is 0 Å². The zero-order chi connectivity index (χ0) is 17.3. The maximum Gasteiger partial charge on any atom is 0.337 e. The van der Waals surface area contributed by atoms with Crippen LogP contribution in [0.3, 0.4) is 0 Å². The van der Waals surface area contributed by atoms with Crippen molar-refractivity contribution in [2.24, 2.45) is 0 Å². The zero-order valence-corrected chi connectivity index (χ0v) is 13.4. The predicted molar refractivity (Wildman–Crippen MR) is 90.4 cm³/mol. The Hall–Kier alpha value is -3.15. The van der Waals surface area contributed by atoms with Crippen molar-refractivity contribution in [3.63, 3.8) is 0 Å². The third kappa shape index (κ3) is 2.86. The van der Waals surface area contributed by atoms with E-state index >= 15 is 0 Å². The van der Waals surface area contributed by atoms with Gasteiger partial charge in [-0.1, -0.05) is 18.2 Å². The lowest BCUT2D eigenvalue weighted by atomic mass is 10.1. The first-order chi connectivity index (χ1) is 11.5. The number of nitrogens with one attached hydrogen (secondary N) is 1. The Kier molecular flexibility index (Phi) is 4.04. The van der Waals surface area contributed by atoms with E-state index in [0.29, 0.717) is 0 Å². The average Bonchev–Trinajstić information content (AvgIpc) is 2.85. The van der Waals surface area contributed by atoms with Crippen molar-refractivity contribution in [3.05, 3.63) is 65.1 Å². The molecule has 2 N–H and O–H groups in total. The van der Waals surface area contributed by atoms with Crippen LogP contribution in [-0.4, -0.2) is 26.4 Å². The fourth-order valence-electron chi connectivity index (χ4n) is 2.70. The van der Waals surface area contributed by atoms with Crippen LogP contribution in [0.25, 0.3) is 5.65 Å². The molecule has 24 heavy (non-hydrogen) atoms. The minimum absolute atomic E-state index is 0.0663. The van der Waals surface area contributed by atoms with Crippen molar-refractivity contribution in [2.75, 3.05) is 5.32 Å². The predicted octanol–water partition coefficient (Wildman–Crippen LogP) is 2.83. The highest BCUT2D eigenvalue weighted by Crippen LogP contribution is 2.18. The molecule has 122 valence electrons. The van der Waals surface area contributed by atoms with Crippen molar-refractivity contribution in [2.45, 2.75) is 20.3 Å². The molecular weight excluding hydrogens is 306 g/mol. The highest BCUT2D eigenvalue weighted by Gasteiger charge is 2.16. The molecule has 6 nitrogen and oxygen atoms in total. The first-order valence-corrected chi connectivity index (χ1v) is 7.52.